The zero-order valence-electron chi connectivity index (χ0n) is 25.5. The van der Waals surface area contributed by atoms with Gasteiger partial charge in [0.1, 0.15) is 17.5 Å². The number of aromatic nitrogens is 2. The molecule has 4 aromatic rings. The van der Waals surface area contributed by atoms with Gasteiger partial charge < -0.3 is 35.5 Å². The highest BCUT2D eigenvalue weighted by Gasteiger charge is 2.36. The minimum Gasteiger partial charge on any atom is -0.493 e. The van der Waals surface area contributed by atoms with E-state index in [1.54, 1.807) is 17.0 Å². The van der Waals surface area contributed by atoms with E-state index in [2.05, 4.69) is 20.8 Å². The van der Waals surface area contributed by atoms with Gasteiger partial charge in [0.05, 0.1) is 18.7 Å². The first kappa shape index (κ1) is 30.5. The number of nitrogens with one attached hydrogen (secondary N) is 3. The maximum absolute atomic E-state index is 13.8. The van der Waals surface area contributed by atoms with Gasteiger partial charge in [0.2, 0.25) is 5.91 Å². The normalized spacial score (nSPS) is 18.8. The molecule has 1 fully saturated rings. The second kappa shape index (κ2) is 13.6. The quantitative estimate of drug-likeness (QED) is 0.271. The van der Waals surface area contributed by atoms with Crippen molar-refractivity contribution >= 4 is 23.5 Å². The predicted octanol–water partition coefficient (Wildman–Crippen LogP) is 3.09. The van der Waals surface area contributed by atoms with Gasteiger partial charge in [-0.1, -0.05) is 48.5 Å². The summed E-state index contributed by atoms with van der Waals surface area (Å²) >= 11 is 0. The second-order valence-electron chi connectivity index (χ2n) is 11.3. The number of aromatic amines is 1. The number of ether oxygens (including phenoxy) is 3. The minimum absolute atomic E-state index is 0.0662. The zero-order chi connectivity index (χ0) is 32.0. The maximum Gasteiger partial charge on any atom is 0.272 e. The number of nitrogens with two attached hydrogens (primary N) is 1. The molecule has 238 valence electrons. The number of likely N-dealkylation sites (tertiary alicyclic amines) is 1. The highest BCUT2D eigenvalue weighted by molar-refractivity contribution is 6.01. The van der Waals surface area contributed by atoms with Crippen molar-refractivity contribution in [2.75, 3.05) is 32.5 Å². The largest absolute Gasteiger partial charge is 0.493 e. The van der Waals surface area contributed by atoms with Gasteiger partial charge >= 0.3 is 0 Å². The van der Waals surface area contributed by atoms with E-state index in [1.165, 1.54) is 7.11 Å². The van der Waals surface area contributed by atoms with Crippen molar-refractivity contribution in [2.24, 2.45) is 0 Å². The lowest BCUT2D eigenvalue weighted by Gasteiger charge is -2.38. The summed E-state index contributed by atoms with van der Waals surface area (Å²) in [5, 5.41) is 12.9. The number of benzene rings is 3. The molecule has 12 nitrogen and oxygen atoms in total. The van der Waals surface area contributed by atoms with E-state index >= 15 is 0 Å². The number of carbonyl (C=O) groups is 3. The van der Waals surface area contributed by atoms with Crippen LogP contribution in [0.15, 0.2) is 72.8 Å². The number of amides is 3. The van der Waals surface area contributed by atoms with Gasteiger partial charge in [-0.2, -0.15) is 5.10 Å². The Bertz CT molecular complexity index is 1710. The van der Waals surface area contributed by atoms with Crippen LogP contribution in [0.2, 0.25) is 0 Å². The molecule has 4 bridgehead atoms. The Balaban J connectivity index is 1.25. The highest BCUT2D eigenvalue weighted by atomic mass is 16.5. The van der Waals surface area contributed by atoms with Gasteiger partial charge in [0.15, 0.2) is 23.9 Å². The summed E-state index contributed by atoms with van der Waals surface area (Å²) in [5.41, 5.74) is 9.59. The number of H-pyrrole nitrogens is 1. The lowest BCUT2D eigenvalue weighted by molar-refractivity contribution is -0.125. The van der Waals surface area contributed by atoms with E-state index in [4.69, 9.17) is 19.9 Å². The lowest BCUT2D eigenvalue weighted by atomic mass is 9.99. The topological polar surface area (TPSA) is 161 Å². The van der Waals surface area contributed by atoms with Crippen LogP contribution in [0.3, 0.4) is 0 Å². The summed E-state index contributed by atoms with van der Waals surface area (Å²) in [6.45, 7) is 0.675. The third kappa shape index (κ3) is 6.90. The monoisotopic (exact) mass is 624 g/mol. The van der Waals surface area contributed by atoms with Crippen molar-refractivity contribution in [3.63, 3.8) is 0 Å². The molecule has 0 aliphatic carbocycles. The lowest BCUT2D eigenvalue weighted by Crippen LogP contribution is -2.58. The fourth-order valence-corrected chi connectivity index (χ4v) is 5.75. The molecule has 9 rings (SSSR count). The van der Waals surface area contributed by atoms with Crippen LogP contribution in [0.5, 0.6) is 17.2 Å². The molecular weight excluding hydrogens is 588 g/mol. The first-order chi connectivity index (χ1) is 22.4. The Labute approximate surface area is 266 Å². The van der Waals surface area contributed by atoms with Crippen LogP contribution in [-0.2, 0) is 22.6 Å². The van der Waals surface area contributed by atoms with Gasteiger partial charge in [-0.05, 0) is 47.4 Å². The number of aryl methyl sites for hydroxylation is 1. The van der Waals surface area contributed by atoms with Crippen molar-refractivity contribution in [1.82, 2.24) is 25.7 Å². The van der Waals surface area contributed by atoms with Crippen molar-refractivity contribution in [3.05, 3.63) is 89.6 Å². The summed E-state index contributed by atoms with van der Waals surface area (Å²) < 4.78 is 17.7. The third-order valence-corrected chi connectivity index (χ3v) is 8.18. The molecule has 2 atom stereocenters. The fourth-order valence-electron chi connectivity index (χ4n) is 5.75. The van der Waals surface area contributed by atoms with Crippen molar-refractivity contribution in [2.45, 2.75) is 38.0 Å². The van der Waals surface area contributed by atoms with Crippen LogP contribution in [0.4, 0.5) is 5.82 Å². The maximum atomic E-state index is 13.8. The van der Waals surface area contributed by atoms with Gasteiger partial charge in [0, 0.05) is 32.5 Å². The molecule has 3 aromatic carbocycles. The molecule has 0 radical (unpaired) electrons. The Hall–Kier alpha value is -5.52. The molecule has 5 N–H and O–H groups in total. The standard InChI is InChI=1S/C34H36N6O6/c1-44-28-17-21-9-13-27(28)45-20-30(42)37-25-19-40(34(43)32-31(33(35)39-38-32)23-5-3-2-4-6-23)16-15-26(25)46-24-11-7-22(8-12-24)18-36-29(41)14-10-21/h2-9,11-13,17,25-26H,10,14-16,18-20H2,1H3,(H,36,41)(H,37,42)(H3,35,38,39)/t25-,26-/m1/s1. The number of piperidine rings is 1. The van der Waals surface area contributed by atoms with E-state index in [9.17, 15) is 14.4 Å². The Morgan fingerprint density at radius 3 is 2.57 bits per heavy atom. The van der Waals surface area contributed by atoms with Crippen molar-refractivity contribution in [3.8, 4) is 28.4 Å². The molecule has 0 saturated carbocycles. The number of nitrogen functional groups attached to an aromatic ring is 1. The summed E-state index contributed by atoms with van der Waals surface area (Å²) in [5.74, 6) is 0.977. The first-order valence-electron chi connectivity index (χ1n) is 15.2. The molecule has 6 heterocycles. The molecule has 5 aliphatic heterocycles. The Kier molecular flexibility index (Phi) is 9.04. The van der Waals surface area contributed by atoms with Crippen LogP contribution in [0.1, 0.15) is 34.5 Å². The smallest absolute Gasteiger partial charge is 0.272 e. The van der Waals surface area contributed by atoms with Crippen LogP contribution in [-0.4, -0.2) is 71.8 Å². The Morgan fingerprint density at radius 1 is 1.00 bits per heavy atom. The summed E-state index contributed by atoms with van der Waals surface area (Å²) in [7, 11) is 1.52. The number of carbonyl (C=O) groups excluding carboxylic acids is 3. The zero-order valence-corrected chi connectivity index (χ0v) is 25.5. The number of rotatable bonds is 3. The van der Waals surface area contributed by atoms with Crippen LogP contribution >= 0.6 is 0 Å². The molecule has 0 unspecified atom stereocenters. The van der Waals surface area contributed by atoms with E-state index in [0.717, 1.165) is 16.7 Å². The molecule has 3 amide bonds. The van der Waals surface area contributed by atoms with E-state index < -0.39 is 12.1 Å². The molecule has 46 heavy (non-hydrogen) atoms. The molecule has 1 saturated heterocycles. The number of hydrogen-bond donors (Lipinski definition) is 4. The Morgan fingerprint density at radius 2 is 1.78 bits per heavy atom. The molecule has 5 aliphatic rings. The number of nitrogens with zero attached hydrogens (tertiary/aromatic N) is 2. The number of hydrogen-bond acceptors (Lipinski definition) is 8. The summed E-state index contributed by atoms with van der Waals surface area (Å²) in [6, 6.07) is 21.7. The molecular formula is C34H36N6O6. The van der Waals surface area contributed by atoms with E-state index in [0.29, 0.717) is 55.2 Å². The third-order valence-electron chi connectivity index (χ3n) is 8.18. The highest BCUT2D eigenvalue weighted by Crippen LogP contribution is 2.31. The van der Waals surface area contributed by atoms with Gasteiger partial charge in [0.25, 0.3) is 11.8 Å². The van der Waals surface area contributed by atoms with Crippen LogP contribution in [0, 0.1) is 0 Å². The molecule has 12 heteroatoms. The molecule has 0 spiro atoms. The van der Waals surface area contributed by atoms with Gasteiger partial charge in [-0.15, -0.1) is 0 Å². The van der Waals surface area contributed by atoms with Crippen molar-refractivity contribution < 1.29 is 28.6 Å². The van der Waals surface area contributed by atoms with Crippen LogP contribution in [0.25, 0.3) is 11.1 Å². The van der Waals surface area contributed by atoms with Crippen LogP contribution < -0.4 is 30.6 Å². The van der Waals surface area contributed by atoms with Gasteiger partial charge in [-0.3, -0.25) is 19.5 Å². The average Bonchev–Trinajstić information content (AvgIpc) is 3.47. The SMILES string of the molecule is COc1cc2ccc1OCC(=O)N[C@@H]1CN(C(=O)c3[nH]nc(N)c3-c3ccccc3)CC[C@H]1Oc1ccc(cc1)CNC(=O)CC2. The first-order valence-corrected chi connectivity index (χ1v) is 15.2. The predicted molar refractivity (Wildman–Crippen MR) is 170 cm³/mol. The van der Waals surface area contributed by atoms with E-state index in [-0.39, 0.29) is 42.4 Å². The van der Waals surface area contributed by atoms with Crippen molar-refractivity contribution in [1.29, 1.82) is 0 Å². The summed E-state index contributed by atoms with van der Waals surface area (Å²) in [6.07, 6.45) is 0.857. The molecule has 1 aromatic heterocycles. The minimum atomic E-state index is -0.553. The fraction of sp³-hybridized carbons (Fsp3) is 0.294. The number of methoxy groups -OCH3 is 1. The van der Waals surface area contributed by atoms with E-state index in [1.807, 2.05) is 60.7 Å². The number of anilines is 1. The van der Waals surface area contributed by atoms with Gasteiger partial charge in [-0.25, -0.2) is 0 Å². The summed E-state index contributed by atoms with van der Waals surface area (Å²) in [4.78, 5) is 41.3. The second-order valence-corrected chi connectivity index (χ2v) is 11.3. The average molecular weight is 625 g/mol.